The summed E-state index contributed by atoms with van der Waals surface area (Å²) in [6.45, 7) is 9.20. The lowest BCUT2D eigenvalue weighted by molar-refractivity contribution is 0.0341. The van der Waals surface area contributed by atoms with Gasteiger partial charge >= 0.3 is 0 Å². The predicted octanol–water partition coefficient (Wildman–Crippen LogP) is 2.42. The van der Waals surface area contributed by atoms with Crippen LogP contribution in [0.4, 0.5) is 5.69 Å². The zero-order valence-electron chi connectivity index (χ0n) is 19.3. The van der Waals surface area contributed by atoms with Gasteiger partial charge in [0.2, 0.25) is 0 Å². The van der Waals surface area contributed by atoms with Crippen molar-refractivity contribution in [3.63, 3.8) is 0 Å². The monoisotopic (exact) mass is 437 g/mol. The molecular formula is C25H35N5O2. The molecule has 0 spiro atoms. The van der Waals surface area contributed by atoms with Gasteiger partial charge in [-0.3, -0.25) is 9.89 Å². The third kappa shape index (κ3) is 5.72. The van der Waals surface area contributed by atoms with Crippen LogP contribution in [0.1, 0.15) is 11.1 Å². The van der Waals surface area contributed by atoms with E-state index < -0.39 is 0 Å². The van der Waals surface area contributed by atoms with E-state index in [9.17, 15) is 0 Å². The Morgan fingerprint density at radius 2 is 1.72 bits per heavy atom. The maximum atomic E-state index is 5.49. The second kappa shape index (κ2) is 11.2. The van der Waals surface area contributed by atoms with E-state index in [2.05, 4.69) is 67.5 Å². The van der Waals surface area contributed by atoms with Gasteiger partial charge in [0.1, 0.15) is 5.75 Å². The molecule has 2 aliphatic heterocycles. The maximum Gasteiger partial charge on any atom is 0.194 e. The van der Waals surface area contributed by atoms with Gasteiger partial charge in [-0.25, -0.2) is 0 Å². The molecular weight excluding hydrogens is 402 g/mol. The molecule has 7 nitrogen and oxygen atoms in total. The standard InChI is InChI=1S/C25H35N5O2/c1-26-25(30-12-10-29(11-13-30)23-8-5-9-24(18-23)31-2)27-19-21-6-3-4-7-22(21)20-28-14-16-32-17-15-28/h3-9,18H,10-17,19-20H2,1-2H3,(H,26,27). The zero-order valence-corrected chi connectivity index (χ0v) is 19.3. The number of nitrogens with one attached hydrogen (secondary N) is 1. The molecule has 0 saturated carbocycles. The normalized spacial score (nSPS) is 18.0. The van der Waals surface area contributed by atoms with Crippen molar-refractivity contribution >= 4 is 11.6 Å². The molecule has 0 bridgehead atoms. The summed E-state index contributed by atoms with van der Waals surface area (Å²) in [6.07, 6.45) is 0. The first kappa shape index (κ1) is 22.4. The van der Waals surface area contributed by atoms with E-state index in [4.69, 9.17) is 9.47 Å². The first-order valence-electron chi connectivity index (χ1n) is 11.5. The number of morpholine rings is 1. The summed E-state index contributed by atoms with van der Waals surface area (Å²) in [6, 6.07) is 17.0. The molecule has 0 radical (unpaired) electrons. The SMILES string of the molecule is CN=C(NCc1ccccc1CN1CCOCC1)N1CCN(c2cccc(OC)c2)CC1. The highest BCUT2D eigenvalue weighted by Gasteiger charge is 2.20. The van der Waals surface area contributed by atoms with Crippen LogP contribution in [0.3, 0.4) is 0 Å². The van der Waals surface area contributed by atoms with Crippen LogP contribution in [-0.2, 0) is 17.8 Å². The molecule has 32 heavy (non-hydrogen) atoms. The number of guanidine groups is 1. The Bertz CT molecular complexity index is 889. The summed E-state index contributed by atoms with van der Waals surface area (Å²) in [5.74, 6) is 1.87. The van der Waals surface area contributed by atoms with Crippen molar-refractivity contribution in [2.45, 2.75) is 13.1 Å². The van der Waals surface area contributed by atoms with E-state index in [0.717, 1.165) is 77.3 Å². The molecule has 0 atom stereocenters. The molecule has 1 N–H and O–H groups in total. The molecule has 0 aliphatic carbocycles. The number of nitrogens with zero attached hydrogens (tertiary/aromatic N) is 4. The van der Waals surface area contributed by atoms with Crippen molar-refractivity contribution in [1.82, 2.24) is 15.1 Å². The highest BCUT2D eigenvalue weighted by molar-refractivity contribution is 5.80. The Balaban J connectivity index is 1.32. The third-order valence-electron chi connectivity index (χ3n) is 6.26. The highest BCUT2D eigenvalue weighted by Crippen LogP contribution is 2.22. The molecule has 0 amide bonds. The summed E-state index contributed by atoms with van der Waals surface area (Å²) in [4.78, 5) is 11.8. The Morgan fingerprint density at radius 3 is 2.44 bits per heavy atom. The van der Waals surface area contributed by atoms with E-state index in [1.807, 2.05) is 13.1 Å². The van der Waals surface area contributed by atoms with E-state index >= 15 is 0 Å². The lowest BCUT2D eigenvalue weighted by Gasteiger charge is -2.37. The van der Waals surface area contributed by atoms with Crippen LogP contribution in [0.2, 0.25) is 0 Å². The van der Waals surface area contributed by atoms with Gasteiger partial charge in [0, 0.05) is 71.2 Å². The highest BCUT2D eigenvalue weighted by atomic mass is 16.5. The topological polar surface area (TPSA) is 52.6 Å². The van der Waals surface area contributed by atoms with Gasteiger partial charge in [0.15, 0.2) is 5.96 Å². The van der Waals surface area contributed by atoms with Crippen molar-refractivity contribution in [3.8, 4) is 5.75 Å². The van der Waals surface area contributed by atoms with E-state index in [1.54, 1.807) is 7.11 Å². The number of hydrogen-bond acceptors (Lipinski definition) is 5. The van der Waals surface area contributed by atoms with Crippen LogP contribution in [0.25, 0.3) is 0 Å². The molecule has 2 aromatic carbocycles. The summed E-state index contributed by atoms with van der Waals surface area (Å²) in [5.41, 5.74) is 3.92. The molecule has 172 valence electrons. The molecule has 2 aliphatic rings. The van der Waals surface area contributed by atoms with Crippen LogP contribution >= 0.6 is 0 Å². The second-order valence-electron chi connectivity index (χ2n) is 8.23. The van der Waals surface area contributed by atoms with Crippen LogP contribution in [0.15, 0.2) is 53.5 Å². The fraction of sp³-hybridized carbons (Fsp3) is 0.480. The quantitative estimate of drug-likeness (QED) is 0.553. The average Bonchev–Trinajstić information content (AvgIpc) is 2.86. The smallest absolute Gasteiger partial charge is 0.194 e. The maximum absolute atomic E-state index is 5.49. The number of benzene rings is 2. The summed E-state index contributed by atoms with van der Waals surface area (Å²) in [7, 11) is 3.59. The van der Waals surface area contributed by atoms with Gasteiger partial charge in [-0.2, -0.15) is 0 Å². The number of anilines is 1. The fourth-order valence-electron chi connectivity index (χ4n) is 4.37. The molecule has 2 aromatic rings. The van der Waals surface area contributed by atoms with Crippen molar-refractivity contribution in [2.24, 2.45) is 4.99 Å². The average molecular weight is 438 g/mol. The minimum absolute atomic E-state index is 0.781. The van der Waals surface area contributed by atoms with Crippen LogP contribution < -0.4 is 15.0 Å². The summed E-state index contributed by atoms with van der Waals surface area (Å²) >= 11 is 0. The molecule has 7 heteroatoms. The minimum atomic E-state index is 0.781. The molecule has 4 rings (SSSR count). The number of ether oxygens (including phenoxy) is 2. The third-order valence-corrected chi connectivity index (χ3v) is 6.26. The molecule has 2 fully saturated rings. The molecule has 2 heterocycles. The predicted molar refractivity (Wildman–Crippen MR) is 130 cm³/mol. The van der Waals surface area contributed by atoms with E-state index in [1.165, 1.54) is 16.8 Å². The number of methoxy groups -OCH3 is 1. The van der Waals surface area contributed by atoms with Gasteiger partial charge in [-0.1, -0.05) is 30.3 Å². The molecule has 0 aromatic heterocycles. The first-order chi connectivity index (χ1) is 15.8. The molecule has 2 saturated heterocycles. The minimum Gasteiger partial charge on any atom is -0.497 e. The summed E-state index contributed by atoms with van der Waals surface area (Å²) < 4.78 is 10.9. The van der Waals surface area contributed by atoms with Crippen molar-refractivity contribution < 1.29 is 9.47 Å². The first-order valence-corrected chi connectivity index (χ1v) is 11.5. The van der Waals surface area contributed by atoms with Gasteiger partial charge in [0.05, 0.1) is 20.3 Å². The second-order valence-corrected chi connectivity index (χ2v) is 8.23. The lowest BCUT2D eigenvalue weighted by atomic mass is 10.1. The molecule has 0 unspecified atom stereocenters. The van der Waals surface area contributed by atoms with Crippen LogP contribution in [0.5, 0.6) is 5.75 Å². The van der Waals surface area contributed by atoms with Gasteiger partial charge in [-0.05, 0) is 23.3 Å². The fourth-order valence-corrected chi connectivity index (χ4v) is 4.37. The van der Waals surface area contributed by atoms with E-state index in [0.29, 0.717) is 0 Å². The number of piperazine rings is 1. The summed E-state index contributed by atoms with van der Waals surface area (Å²) in [5, 5.41) is 3.60. The van der Waals surface area contributed by atoms with Gasteiger partial charge < -0.3 is 24.6 Å². The van der Waals surface area contributed by atoms with Gasteiger partial charge in [0.25, 0.3) is 0 Å². The largest absolute Gasteiger partial charge is 0.497 e. The lowest BCUT2D eigenvalue weighted by Crippen LogP contribution is -2.52. The van der Waals surface area contributed by atoms with Crippen molar-refractivity contribution in [1.29, 1.82) is 0 Å². The number of rotatable bonds is 6. The van der Waals surface area contributed by atoms with Crippen molar-refractivity contribution in [2.75, 3.05) is 71.5 Å². The van der Waals surface area contributed by atoms with Gasteiger partial charge in [-0.15, -0.1) is 0 Å². The Morgan fingerprint density at radius 1 is 0.969 bits per heavy atom. The number of hydrogen-bond donors (Lipinski definition) is 1. The van der Waals surface area contributed by atoms with Crippen LogP contribution in [-0.4, -0.2) is 82.4 Å². The Labute approximate surface area is 191 Å². The van der Waals surface area contributed by atoms with Crippen molar-refractivity contribution in [3.05, 3.63) is 59.7 Å². The number of aliphatic imine (C=N–C) groups is 1. The van der Waals surface area contributed by atoms with Crippen LogP contribution in [0, 0.1) is 0 Å². The Hall–Kier alpha value is -2.77. The van der Waals surface area contributed by atoms with E-state index in [-0.39, 0.29) is 0 Å². The Kier molecular flexibility index (Phi) is 7.85. The zero-order chi connectivity index (χ0) is 22.2.